The van der Waals surface area contributed by atoms with Gasteiger partial charge in [0.1, 0.15) is 9.67 Å². The molecule has 1 fully saturated rings. The molecule has 0 aliphatic carbocycles. The van der Waals surface area contributed by atoms with Crippen molar-refractivity contribution in [1.29, 1.82) is 0 Å². The van der Waals surface area contributed by atoms with E-state index >= 15 is 0 Å². The second-order valence-electron chi connectivity index (χ2n) is 6.01. The van der Waals surface area contributed by atoms with Crippen LogP contribution in [0.2, 0.25) is 0 Å². The third-order valence-electron chi connectivity index (χ3n) is 4.32. The molecule has 4 rings (SSSR count). The van der Waals surface area contributed by atoms with Crippen LogP contribution in [0.5, 0.6) is 0 Å². The average molecular weight is 353 g/mol. The first-order valence-corrected chi connectivity index (χ1v) is 10.6. The van der Waals surface area contributed by atoms with Crippen LogP contribution in [0.15, 0.2) is 65.7 Å². The van der Waals surface area contributed by atoms with Gasteiger partial charge in [-0.25, -0.2) is 4.99 Å². The van der Waals surface area contributed by atoms with Crippen LogP contribution in [0.25, 0.3) is 11.1 Å². The summed E-state index contributed by atoms with van der Waals surface area (Å²) in [5.74, 6) is 0. The third-order valence-corrected chi connectivity index (χ3v) is 6.67. The molecule has 0 bridgehead atoms. The number of nitrogens with zero attached hydrogens (tertiary/aromatic N) is 2. The fourth-order valence-corrected chi connectivity index (χ4v) is 5.76. The molecule has 0 atom stereocenters. The Morgan fingerprint density at radius 2 is 1.42 bits per heavy atom. The highest BCUT2D eigenvalue weighted by Crippen LogP contribution is 2.37. The number of para-hydroxylation sites is 1. The molecule has 1 aliphatic rings. The molecule has 122 valence electrons. The van der Waals surface area contributed by atoms with Crippen molar-refractivity contribution in [3.8, 4) is 11.1 Å². The highest BCUT2D eigenvalue weighted by molar-refractivity contribution is 7.70. The largest absolute Gasteiger partial charge is 0.362 e. The zero-order valence-corrected chi connectivity index (χ0v) is 15.2. The standard InChI is InChI=1S/C20H20N2S2/c1-4-10-16(11-5-1)18-19(21-17-12-6-2-7-13-17)23-24-20(18)22-14-8-3-9-15-22/h1-2,4-7,10-13H,3,8-9,14-15H2. The Morgan fingerprint density at radius 1 is 0.750 bits per heavy atom. The molecule has 2 nitrogen and oxygen atoms in total. The van der Waals surface area contributed by atoms with E-state index in [1.807, 2.05) is 28.5 Å². The summed E-state index contributed by atoms with van der Waals surface area (Å²) in [5, 5.41) is 1.39. The first kappa shape index (κ1) is 15.6. The number of benzene rings is 2. The summed E-state index contributed by atoms with van der Waals surface area (Å²) in [6, 6.07) is 21.0. The summed E-state index contributed by atoms with van der Waals surface area (Å²) in [5.41, 5.74) is 3.59. The fourth-order valence-electron chi connectivity index (χ4n) is 3.11. The lowest BCUT2D eigenvalue weighted by Crippen LogP contribution is -2.29. The molecule has 1 saturated heterocycles. The average Bonchev–Trinajstić information content (AvgIpc) is 3.07. The highest BCUT2D eigenvalue weighted by Gasteiger charge is 2.19. The lowest BCUT2D eigenvalue weighted by Gasteiger charge is -2.28. The zero-order chi connectivity index (χ0) is 16.2. The number of piperidine rings is 1. The van der Waals surface area contributed by atoms with Crippen molar-refractivity contribution in [1.82, 2.24) is 0 Å². The second kappa shape index (κ2) is 7.32. The van der Waals surface area contributed by atoms with Crippen LogP contribution < -0.4 is 9.57 Å². The molecule has 1 aromatic heterocycles. The monoisotopic (exact) mass is 352 g/mol. The number of hydrogen-bond donors (Lipinski definition) is 0. The Labute approximate surface area is 150 Å². The Bertz CT molecular complexity index is 844. The second-order valence-corrected chi connectivity index (χ2v) is 8.12. The Balaban J connectivity index is 1.85. The Hall–Kier alpha value is -1.91. The van der Waals surface area contributed by atoms with Crippen molar-refractivity contribution in [3.63, 3.8) is 0 Å². The molecule has 4 heteroatoms. The normalized spacial score (nSPS) is 15.7. The fraction of sp³-hybridized carbons (Fsp3) is 0.250. The van der Waals surface area contributed by atoms with E-state index in [4.69, 9.17) is 4.99 Å². The Morgan fingerprint density at radius 3 is 2.12 bits per heavy atom. The van der Waals surface area contributed by atoms with Gasteiger partial charge in [0, 0.05) is 13.1 Å². The van der Waals surface area contributed by atoms with Gasteiger partial charge in [-0.3, -0.25) is 0 Å². The van der Waals surface area contributed by atoms with Gasteiger partial charge < -0.3 is 4.90 Å². The van der Waals surface area contributed by atoms with E-state index in [-0.39, 0.29) is 0 Å². The van der Waals surface area contributed by atoms with Crippen molar-refractivity contribution in [3.05, 3.63) is 65.3 Å². The van der Waals surface area contributed by atoms with Gasteiger partial charge in [0.25, 0.3) is 0 Å². The van der Waals surface area contributed by atoms with Crippen molar-refractivity contribution >= 4 is 31.4 Å². The molecule has 0 N–H and O–H groups in total. The quantitative estimate of drug-likeness (QED) is 0.552. The molecule has 24 heavy (non-hydrogen) atoms. The lowest BCUT2D eigenvalue weighted by atomic mass is 10.1. The van der Waals surface area contributed by atoms with Crippen LogP contribution in [0.1, 0.15) is 19.3 Å². The van der Waals surface area contributed by atoms with E-state index in [9.17, 15) is 0 Å². The summed E-state index contributed by atoms with van der Waals surface area (Å²) in [4.78, 5) is 7.49. The molecule has 2 aromatic carbocycles. The molecule has 0 amide bonds. The van der Waals surface area contributed by atoms with Gasteiger partial charge in [-0.2, -0.15) is 0 Å². The van der Waals surface area contributed by atoms with E-state index in [0.717, 1.165) is 23.4 Å². The Kier molecular flexibility index (Phi) is 4.76. The minimum absolute atomic E-state index is 1.02. The van der Waals surface area contributed by atoms with Crippen LogP contribution in [0.3, 0.4) is 0 Å². The smallest absolute Gasteiger partial charge is 0.137 e. The summed E-state index contributed by atoms with van der Waals surface area (Å²) in [6.07, 6.45) is 3.94. The van der Waals surface area contributed by atoms with Crippen molar-refractivity contribution in [2.24, 2.45) is 4.99 Å². The van der Waals surface area contributed by atoms with Crippen molar-refractivity contribution in [2.45, 2.75) is 19.3 Å². The molecular formula is C20H20N2S2. The summed E-state index contributed by atoms with van der Waals surface area (Å²) < 4.78 is 1.12. The predicted octanol–water partition coefficient (Wildman–Crippen LogP) is 5.70. The third kappa shape index (κ3) is 3.30. The van der Waals surface area contributed by atoms with Crippen LogP contribution in [-0.2, 0) is 0 Å². The van der Waals surface area contributed by atoms with Gasteiger partial charge in [-0.1, -0.05) is 69.2 Å². The molecule has 0 radical (unpaired) electrons. The summed E-state index contributed by atoms with van der Waals surface area (Å²) >= 11 is 0. The molecule has 0 spiro atoms. The molecule has 3 aromatic rings. The van der Waals surface area contributed by atoms with Crippen LogP contribution in [-0.4, -0.2) is 13.1 Å². The van der Waals surface area contributed by atoms with E-state index in [2.05, 4.69) is 47.4 Å². The number of hydrogen-bond acceptors (Lipinski definition) is 4. The first-order chi connectivity index (χ1) is 11.9. The van der Waals surface area contributed by atoms with Gasteiger partial charge in [-0.15, -0.1) is 0 Å². The van der Waals surface area contributed by atoms with E-state index in [1.54, 1.807) is 10.3 Å². The molecular weight excluding hydrogens is 332 g/mol. The van der Waals surface area contributed by atoms with E-state index in [0.29, 0.717) is 0 Å². The summed E-state index contributed by atoms with van der Waals surface area (Å²) in [6.45, 7) is 2.33. The van der Waals surface area contributed by atoms with Crippen molar-refractivity contribution in [2.75, 3.05) is 18.0 Å². The van der Waals surface area contributed by atoms with Crippen LogP contribution >= 0.6 is 20.7 Å². The maximum absolute atomic E-state index is 4.94. The van der Waals surface area contributed by atoms with Crippen LogP contribution in [0, 0.1) is 0 Å². The minimum atomic E-state index is 1.02. The minimum Gasteiger partial charge on any atom is -0.362 e. The maximum Gasteiger partial charge on any atom is 0.137 e. The molecule has 0 unspecified atom stereocenters. The van der Waals surface area contributed by atoms with Gasteiger partial charge >= 0.3 is 0 Å². The topological polar surface area (TPSA) is 15.6 Å². The molecule has 2 heterocycles. The predicted molar refractivity (Wildman–Crippen MR) is 105 cm³/mol. The zero-order valence-electron chi connectivity index (χ0n) is 13.5. The SMILES string of the molecule is c1ccc(N=c2ssc(N3CCCCC3)c2-c2ccccc2)cc1. The summed E-state index contributed by atoms with van der Waals surface area (Å²) in [7, 11) is 3.66. The lowest BCUT2D eigenvalue weighted by molar-refractivity contribution is 0.581. The molecule has 0 saturated carbocycles. The van der Waals surface area contributed by atoms with Crippen LogP contribution in [0.4, 0.5) is 10.7 Å². The first-order valence-electron chi connectivity index (χ1n) is 8.45. The maximum atomic E-state index is 4.94. The van der Waals surface area contributed by atoms with E-state index < -0.39 is 0 Å². The van der Waals surface area contributed by atoms with E-state index in [1.165, 1.54) is 35.4 Å². The van der Waals surface area contributed by atoms with Gasteiger partial charge in [0.2, 0.25) is 0 Å². The van der Waals surface area contributed by atoms with Gasteiger partial charge in [0.05, 0.1) is 11.3 Å². The van der Waals surface area contributed by atoms with Gasteiger partial charge in [0.15, 0.2) is 0 Å². The number of anilines is 1. The highest BCUT2D eigenvalue weighted by atomic mass is 32.9. The van der Waals surface area contributed by atoms with Crippen molar-refractivity contribution < 1.29 is 0 Å². The molecule has 1 aliphatic heterocycles. The number of rotatable bonds is 3. The van der Waals surface area contributed by atoms with Gasteiger partial charge in [-0.05, 0) is 37.0 Å².